The van der Waals surface area contributed by atoms with E-state index in [4.69, 9.17) is 4.98 Å². The van der Waals surface area contributed by atoms with E-state index in [1.807, 2.05) is 18.6 Å². The van der Waals surface area contributed by atoms with E-state index < -0.39 is 0 Å². The van der Waals surface area contributed by atoms with Crippen LogP contribution in [0.2, 0.25) is 0 Å². The number of pyridine rings is 2. The maximum absolute atomic E-state index is 4.69. The second kappa shape index (κ2) is 13.0. The van der Waals surface area contributed by atoms with Crippen molar-refractivity contribution >= 4 is 44.4 Å². The number of hydrogen-bond acceptors (Lipinski definition) is 2. The maximum Gasteiger partial charge on any atom is 0.0645 e. The molecular formula is C56H48N4. The zero-order valence-electron chi connectivity index (χ0n) is 35.2. The molecule has 0 fully saturated rings. The molecule has 4 heteroatoms. The molecule has 0 saturated carbocycles. The van der Waals surface area contributed by atoms with Crippen LogP contribution in [-0.4, -0.2) is 19.1 Å². The summed E-state index contributed by atoms with van der Waals surface area (Å²) in [6.07, 6.45) is 12.4. The van der Waals surface area contributed by atoms with Gasteiger partial charge in [-0.05, 0) is 161 Å². The van der Waals surface area contributed by atoms with Crippen molar-refractivity contribution in [3.8, 4) is 33.6 Å². The van der Waals surface area contributed by atoms with Gasteiger partial charge in [0.1, 0.15) is 0 Å². The minimum Gasteiger partial charge on any atom is -0.311 e. The molecule has 4 nitrogen and oxygen atoms in total. The third-order valence-corrected chi connectivity index (χ3v) is 14.7. The first-order valence-electron chi connectivity index (χ1n) is 21.8. The highest BCUT2D eigenvalue weighted by atomic mass is 15.0. The van der Waals surface area contributed by atoms with Crippen LogP contribution in [0.3, 0.4) is 0 Å². The molecule has 0 saturated heterocycles. The van der Waals surface area contributed by atoms with Gasteiger partial charge < -0.3 is 9.13 Å². The monoisotopic (exact) mass is 776 g/mol. The van der Waals surface area contributed by atoms with Crippen molar-refractivity contribution in [1.29, 1.82) is 0 Å². The summed E-state index contributed by atoms with van der Waals surface area (Å²) in [6.45, 7) is 14.3. The SMILES string of the molecule is Cc1cccc(C2=Cc3c(n(-c4cccnc4)c4c5c6c(cc34)C(C)C(C)c3cc4c7cc(-c8cccc(C)c8)ccc7n(-c7cccnc7)c4c(c3-6)C(C)C5C)CC2)c1. The molecule has 60 heavy (non-hydrogen) atoms. The van der Waals surface area contributed by atoms with E-state index in [0.29, 0.717) is 11.8 Å². The average Bonchev–Trinajstić information content (AvgIpc) is 3.78. The van der Waals surface area contributed by atoms with Crippen LogP contribution >= 0.6 is 0 Å². The predicted molar refractivity (Wildman–Crippen MR) is 250 cm³/mol. The Morgan fingerprint density at radius 1 is 0.517 bits per heavy atom. The molecule has 0 aliphatic heterocycles. The maximum atomic E-state index is 4.69. The van der Waals surface area contributed by atoms with E-state index in [9.17, 15) is 0 Å². The summed E-state index contributed by atoms with van der Waals surface area (Å²) in [5, 5.41) is 4.02. The Bertz CT molecular complexity index is 3290. The zero-order valence-corrected chi connectivity index (χ0v) is 35.2. The normalized spacial score (nSPS) is 19.1. The highest BCUT2D eigenvalue weighted by Gasteiger charge is 2.43. The summed E-state index contributed by atoms with van der Waals surface area (Å²) < 4.78 is 5.13. The lowest BCUT2D eigenvalue weighted by molar-refractivity contribution is 0.584. The third kappa shape index (κ3) is 4.91. The van der Waals surface area contributed by atoms with Crippen LogP contribution in [0.5, 0.6) is 0 Å². The van der Waals surface area contributed by atoms with Crippen molar-refractivity contribution in [2.75, 3.05) is 0 Å². The minimum atomic E-state index is 0.248. The molecule has 4 aromatic heterocycles. The molecule has 0 N–H and O–H groups in total. The summed E-state index contributed by atoms with van der Waals surface area (Å²) in [6, 6.07) is 38.9. The van der Waals surface area contributed by atoms with E-state index in [-0.39, 0.29) is 11.8 Å². The Labute approximate surface area is 351 Å². The van der Waals surface area contributed by atoms with Crippen LogP contribution in [0.1, 0.15) is 108 Å². The number of allylic oxidation sites excluding steroid dienone is 1. The van der Waals surface area contributed by atoms with Gasteiger partial charge in [-0.2, -0.15) is 0 Å². The number of benzene rings is 5. The second-order valence-corrected chi connectivity index (χ2v) is 18.1. The Morgan fingerprint density at radius 2 is 1.10 bits per heavy atom. The van der Waals surface area contributed by atoms with Gasteiger partial charge in [0.25, 0.3) is 0 Å². The first-order valence-corrected chi connectivity index (χ1v) is 21.8. The molecule has 12 rings (SSSR count). The summed E-state index contributed by atoms with van der Waals surface area (Å²) in [5.74, 6) is 1.19. The quantitative estimate of drug-likeness (QED) is 0.178. The fraction of sp³-hybridized carbons (Fsp3) is 0.214. The van der Waals surface area contributed by atoms with Crippen LogP contribution in [0, 0.1) is 13.8 Å². The third-order valence-electron chi connectivity index (χ3n) is 14.7. The lowest BCUT2D eigenvalue weighted by Gasteiger charge is -2.42. The summed E-state index contributed by atoms with van der Waals surface area (Å²) >= 11 is 0. The molecule has 0 bridgehead atoms. The standard InChI is InChI=1S/C56H48N4/c1-31-11-7-13-37(23-31)39-17-19-49-45(25-39)47-27-43-33(3)34(4)44-28-48-46-26-40(38-14-8-12-32(2)24-38)18-20-50(46)60(42-16-10-22-58-30-42)56(48)52-36(6)35(5)51(53(43)54(44)52)55(47)59(49)41-15-9-21-57-29-41/h7-17,19,21-30,33-36H,18,20H2,1-6H3. The molecule has 5 aromatic carbocycles. The molecule has 3 aliphatic rings. The first-order chi connectivity index (χ1) is 29.3. The Morgan fingerprint density at radius 3 is 1.73 bits per heavy atom. The zero-order chi connectivity index (χ0) is 40.6. The number of hydrogen-bond donors (Lipinski definition) is 0. The van der Waals surface area contributed by atoms with Gasteiger partial charge in [-0.15, -0.1) is 0 Å². The molecule has 9 aromatic rings. The van der Waals surface area contributed by atoms with E-state index >= 15 is 0 Å². The molecule has 0 spiro atoms. The molecule has 0 amide bonds. The Balaban J connectivity index is 1.21. The lowest BCUT2D eigenvalue weighted by Crippen LogP contribution is -2.24. The minimum absolute atomic E-state index is 0.248. The largest absolute Gasteiger partial charge is 0.311 e. The van der Waals surface area contributed by atoms with Crippen LogP contribution in [0.25, 0.3) is 78.0 Å². The van der Waals surface area contributed by atoms with Crippen molar-refractivity contribution in [2.24, 2.45) is 0 Å². The van der Waals surface area contributed by atoms with Gasteiger partial charge in [0, 0.05) is 39.8 Å². The molecular weight excluding hydrogens is 729 g/mol. The van der Waals surface area contributed by atoms with Crippen molar-refractivity contribution in [1.82, 2.24) is 19.1 Å². The van der Waals surface area contributed by atoms with Gasteiger partial charge in [-0.1, -0.05) is 93.4 Å². The number of rotatable bonds is 4. The van der Waals surface area contributed by atoms with Crippen LogP contribution in [0.4, 0.5) is 0 Å². The van der Waals surface area contributed by atoms with Gasteiger partial charge in [-0.3, -0.25) is 9.97 Å². The number of aryl methyl sites for hydroxylation is 2. The van der Waals surface area contributed by atoms with Crippen molar-refractivity contribution in [3.63, 3.8) is 0 Å². The lowest BCUT2D eigenvalue weighted by atomic mass is 9.62. The summed E-state index contributed by atoms with van der Waals surface area (Å²) in [5.41, 5.74) is 25.7. The second-order valence-electron chi connectivity index (χ2n) is 18.1. The van der Waals surface area contributed by atoms with Crippen LogP contribution in [-0.2, 0) is 6.42 Å². The van der Waals surface area contributed by atoms with E-state index in [1.54, 1.807) is 0 Å². The molecule has 4 unspecified atom stereocenters. The number of fused-ring (bicyclic) bond motifs is 8. The fourth-order valence-corrected chi connectivity index (χ4v) is 11.5. The highest BCUT2D eigenvalue weighted by molar-refractivity contribution is 6.15. The molecule has 3 aliphatic carbocycles. The predicted octanol–water partition coefficient (Wildman–Crippen LogP) is 14.4. The Kier molecular flexibility index (Phi) is 7.67. The number of nitrogens with zero attached hydrogens (tertiary/aromatic N) is 4. The van der Waals surface area contributed by atoms with E-state index in [1.165, 1.54) is 111 Å². The first kappa shape index (κ1) is 35.4. The highest BCUT2D eigenvalue weighted by Crippen LogP contribution is 2.61. The van der Waals surface area contributed by atoms with Gasteiger partial charge in [0.2, 0.25) is 0 Å². The van der Waals surface area contributed by atoms with Crippen LogP contribution < -0.4 is 0 Å². The molecule has 4 heterocycles. The van der Waals surface area contributed by atoms with Crippen LogP contribution in [0.15, 0.2) is 128 Å². The van der Waals surface area contributed by atoms with Gasteiger partial charge >= 0.3 is 0 Å². The van der Waals surface area contributed by atoms with Crippen molar-refractivity contribution in [2.45, 2.75) is 78.1 Å². The van der Waals surface area contributed by atoms with Gasteiger partial charge in [0.05, 0.1) is 40.3 Å². The average molecular weight is 777 g/mol. The molecule has 4 atom stereocenters. The fourth-order valence-electron chi connectivity index (χ4n) is 11.5. The van der Waals surface area contributed by atoms with E-state index in [0.717, 1.165) is 24.2 Å². The van der Waals surface area contributed by atoms with Crippen molar-refractivity contribution < 1.29 is 0 Å². The van der Waals surface area contributed by atoms with Gasteiger partial charge in [0.15, 0.2) is 0 Å². The van der Waals surface area contributed by atoms with Gasteiger partial charge in [-0.25, -0.2) is 0 Å². The van der Waals surface area contributed by atoms with Crippen molar-refractivity contribution in [3.05, 3.63) is 178 Å². The smallest absolute Gasteiger partial charge is 0.0645 e. The van der Waals surface area contributed by atoms with E-state index in [2.05, 4.69) is 171 Å². The molecule has 0 radical (unpaired) electrons. The topological polar surface area (TPSA) is 35.6 Å². The Hall–Kier alpha value is -6.52. The summed E-state index contributed by atoms with van der Waals surface area (Å²) in [4.78, 5) is 9.37. The summed E-state index contributed by atoms with van der Waals surface area (Å²) in [7, 11) is 0. The number of aromatic nitrogens is 4. The molecule has 292 valence electrons.